The number of likely N-dealkylation sites (N-methyl/N-ethyl adjacent to an activating group) is 1. The highest BCUT2D eigenvalue weighted by Crippen LogP contribution is 2.03. The van der Waals surface area contributed by atoms with Crippen LogP contribution in [0.1, 0.15) is 20.3 Å². The van der Waals surface area contributed by atoms with Gasteiger partial charge in [0.15, 0.2) is 0 Å². The van der Waals surface area contributed by atoms with E-state index in [1.165, 1.54) is 0 Å². The molecule has 0 aromatic rings. The van der Waals surface area contributed by atoms with Crippen molar-refractivity contribution < 1.29 is 14.0 Å². The van der Waals surface area contributed by atoms with Gasteiger partial charge in [-0.1, -0.05) is 13.0 Å². The van der Waals surface area contributed by atoms with Gasteiger partial charge in [0, 0.05) is 5.57 Å². The molecule has 0 atom stereocenters. The number of ether oxygens (including phenoxy) is 1. The van der Waals surface area contributed by atoms with Crippen LogP contribution in [-0.2, 0) is 9.53 Å². The molecule has 0 saturated carbocycles. The van der Waals surface area contributed by atoms with Crippen molar-refractivity contribution in [2.24, 2.45) is 0 Å². The van der Waals surface area contributed by atoms with Gasteiger partial charge in [-0.3, -0.25) is 0 Å². The molecule has 0 rings (SSSR count). The molecule has 0 aliphatic carbocycles. The Hall–Kier alpha value is -0.830. The van der Waals surface area contributed by atoms with E-state index in [1.807, 2.05) is 19.9 Å². The van der Waals surface area contributed by atoms with Gasteiger partial charge in [-0.05, 0) is 13.3 Å². The van der Waals surface area contributed by atoms with Crippen LogP contribution in [0.3, 0.4) is 0 Å². The number of carbonyl (C=O) groups excluding carboxylic acids is 1. The van der Waals surface area contributed by atoms with E-state index in [1.54, 1.807) is 0 Å². The third kappa shape index (κ3) is 5.75. The largest absolute Gasteiger partial charge is 0.456 e. The third-order valence-electron chi connectivity index (χ3n) is 1.99. The standard InChI is InChI=1S/C11H22NO2/c1-6-10(7-2)11(13)14-9-8-12(3,4)5/h6H,7-9H2,1-5H3/q+1/b10-6+. The number of nitrogens with zero attached hydrogens (tertiary/aromatic N) is 1. The molecule has 3 nitrogen and oxygen atoms in total. The lowest BCUT2D eigenvalue weighted by atomic mass is 10.2. The number of hydrogen-bond donors (Lipinski definition) is 0. The summed E-state index contributed by atoms with van der Waals surface area (Å²) in [6, 6.07) is 0. The summed E-state index contributed by atoms with van der Waals surface area (Å²) in [5.74, 6) is -0.177. The zero-order chi connectivity index (χ0) is 11.2. The number of rotatable bonds is 5. The lowest BCUT2D eigenvalue weighted by Gasteiger charge is -2.23. The van der Waals surface area contributed by atoms with Crippen molar-refractivity contribution >= 4 is 5.97 Å². The van der Waals surface area contributed by atoms with Crippen LogP contribution in [0.2, 0.25) is 0 Å². The predicted octanol–water partition coefficient (Wildman–Crippen LogP) is 1.59. The predicted molar refractivity (Wildman–Crippen MR) is 57.9 cm³/mol. The average Bonchev–Trinajstić information content (AvgIpc) is 2.04. The third-order valence-corrected chi connectivity index (χ3v) is 1.99. The van der Waals surface area contributed by atoms with Gasteiger partial charge < -0.3 is 9.22 Å². The van der Waals surface area contributed by atoms with Crippen molar-refractivity contribution in [3.8, 4) is 0 Å². The highest BCUT2D eigenvalue weighted by molar-refractivity contribution is 5.88. The Labute approximate surface area is 86.9 Å². The van der Waals surface area contributed by atoms with E-state index in [0.717, 1.165) is 23.0 Å². The molecule has 0 radical (unpaired) electrons. The van der Waals surface area contributed by atoms with Gasteiger partial charge in [0.25, 0.3) is 0 Å². The maximum Gasteiger partial charge on any atom is 0.333 e. The van der Waals surface area contributed by atoms with Crippen molar-refractivity contribution in [1.29, 1.82) is 0 Å². The number of hydrogen-bond acceptors (Lipinski definition) is 2. The van der Waals surface area contributed by atoms with E-state index in [9.17, 15) is 4.79 Å². The first-order valence-electron chi connectivity index (χ1n) is 5.03. The number of allylic oxidation sites excluding steroid dienone is 1. The summed E-state index contributed by atoms with van der Waals surface area (Å²) in [7, 11) is 6.22. The molecule has 14 heavy (non-hydrogen) atoms. The molecule has 0 N–H and O–H groups in total. The second-order valence-electron chi connectivity index (χ2n) is 4.32. The Kier molecular flexibility index (Phi) is 5.46. The molecule has 0 bridgehead atoms. The van der Waals surface area contributed by atoms with Crippen molar-refractivity contribution in [3.05, 3.63) is 11.6 Å². The van der Waals surface area contributed by atoms with Crippen molar-refractivity contribution in [3.63, 3.8) is 0 Å². The highest BCUT2D eigenvalue weighted by Gasteiger charge is 2.11. The van der Waals surface area contributed by atoms with Crippen LogP contribution in [0.25, 0.3) is 0 Å². The van der Waals surface area contributed by atoms with E-state index in [0.29, 0.717) is 6.61 Å². The molecule has 0 aromatic carbocycles. The molecular weight excluding hydrogens is 178 g/mol. The van der Waals surface area contributed by atoms with Gasteiger partial charge >= 0.3 is 5.97 Å². The van der Waals surface area contributed by atoms with Gasteiger partial charge in [-0.25, -0.2) is 4.79 Å². The van der Waals surface area contributed by atoms with Gasteiger partial charge in [0.2, 0.25) is 0 Å². The van der Waals surface area contributed by atoms with Crippen LogP contribution >= 0.6 is 0 Å². The topological polar surface area (TPSA) is 26.3 Å². The normalized spacial score (nSPS) is 12.8. The molecule has 0 aliphatic heterocycles. The zero-order valence-corrected chi connectivity index (χ0v) is 9.96. The second kappa shape index (κ2) is 5.81. The molecule has 0 heterocycles. The van der Waals surface area contributed by atoms with Crippen LogP contribution in [0.4, 0.5) is 0 Å². The maximum absolute atomic E-state index is 11.4. The average molecular weight is 200 g/mol. The molecule has 0 unspecified atom stereocenters. The monoisotopic (exact) mass is 200 g/mol. The smallest absolute Gasteiger partial charge is 0.333 e. The van der Waals surface area contributed by atoms with Crippen LogP contribution < -0.4 is 0 Å². The summed E-state index contributed by atoms with van der Waals surface area (Å²) in [6.45, 7) is 5.14. The fourth-order valence-corrected chi connectivity index (χ4v) is 0.971. The number of carbonyl (C=O) groups is 1. The van der Waals surface area contributed by atoms with Gasteiger partial charge in [0.1, 0.15) is 13.2 Å². The Morgan fingerprint density at radius 3 is 2.29 bits per heavy atom. The van der Waals surface area contributed by atoms with Gasteiger partial charge in [0.05, 0.1) is 21.1 Å². The SMILES string of the molecule is C/C=C(\CC)C(=O)OCC[N+](C)(C)C. The van der Waals surface area contributed by atoms with Crippen LogP contribution in [0.5, 0.6) is 0 Å². The summed E-state index contributed by atoms with van der Waals surface area (Å²) in [5.41, 5.74) is 0.756. The molecule has 0 spiro atoms. The van der Waals surface area contributed by atoms with Crippen molar-refractivity contribution in [2.45, 2.75) is 20.3 Å². The lowest BCUT2D eigenvalue weighted by molar-refractivity contribution is -0.870. The molecule has 0 aromatic heterocycles. The summed E-state index contributed by atoms with van der Waals surface area (Å²) in [6.07, 6.45) is 2.55. The minimum absolute atomic E-state index is 0.177. The Bertz CT molecular complexity index is 214. The quantitative estimate of drug-likeness (QED) is 0.383. The van der Waals surface area contributed by atoms with E-state index >= 15 is 0 Å². The minimum atomic E-state index is -0.177. The van der Waals surface area contributed by atoms with Crippen molar-refractivity contribution in [1.82, 2.24) is 0 Å². The van der Waals surface area contributed by atoms with Crippen molar-refractivity contribution in [2.75, 3.05) is 34.3 Å². The molecule has 0 amide bonds. The fourth-order valence-electron chi connectivity index (χ4n) is 0.971. The summed E-state index contributed by atoms with van der Waals surface area (Å²) in [5, 5.41) is 0. The van der Waals surface area contributed by atoms with E-state index < -0.39 is 0 Å². The number of esters is 1. The first-order valence-corrected chi connectivity index (χ1v) is 5.03. The summed E-state index contributed by atoms with van der Waals surface area (Å²) < 4.78 is 5.95. The zero-order valence-electron chi connectivity index (χ0n) is 9.96. The van der Waals surface area contributed by atoms with Crippen LogP contribution in [-0.4, -0.2) is 44.7 Å². The second-order valence-corrected chi connectivity index (χ2v) is 4.32. The Morgan fingerprint density at radius 2 is 1.93 bits per heavy atom. The summed E-state index contributed by atoms with van der Waals surface area (Å²) >= 11 is 0. The molecule has 82 valence electrons. The van der Waals surface area contributed by atoms with Crippen LogP contribution in [0.15, 0.2) is 11.6 Å². The Balaban J connectivity index is 3.86. The van der Waals surface area contributed by atoms with Crippen LogP contribution in [0, 0.1) is 0 Å². The van der Waals surface area contributed by atoms with Gasteiger partial charge in [-0.15, -0.1) is 0 Å². The summed E-state index contributed by atoms with van der Waals surface area (Å²) in [4.78, 5) is 11.4. The lowest BCUT2D eigenvalue weighted by Crippen LogP contribution is -2.38. The minimum Gasteiger partial charge on any atom is -0.456 e. The molecule has 3 heteroatoms. The van der Waals surface area contributed by atoms with E-state index in [-0.39, 0.29) is 5.97 Å². The first kappa shape index (κ1) is 13.2. The fraction of sp³-hybridized carbons (Fsp3) is 0.727. The van der Waals surface area contributed by atoms with Gasteiger partial charge in [-0.2, -0.15) is 0 Å². The molecule has 0 aliphatic rings. The molecule has 0 saturated heterocycles. The first-order chi connectivity index (χ1) is 6.40. The van der Waals surface area contributed by atoms with E-state index in [2.05, 4.69) is 21.1 Å². The highest BCUT2D eigenvalue weighted by atomic mass is 16.5. The Morgan fingerprint density at radius 1 is 1.36 bits per heavy atom. The molecule has 0 fully saturated rings. The molecular formula is C11H22NO2+. The number of quaternary nitrogens is 1. The van der Waals surface area contributed by atoms with E-state index in [4.69, 9.17) is 4.74 Å². The maximum atomic E-state index is 11.4.